The molecule has 1 aliphatic rings. The Morgan fingerprint density at radius 3 is 2.22 bits per heavy atom. The number of carbonyl (C=O) groups is 1. The van der Waals surface area contributed by atoms with Crippen molar-refractivity contribution in [3.8, 4) is 0 Å². The molecule has 0 aliphatic carbocycles. The summed E-state index contributed by atoms with van der Waals surface area (Å²) in [5.41, 5.74) is 1.14. The number of rotatable bonds is 7. The lowest BCUT2D eigenvalue weighted by molar-refractivity contribution is -0.137. The molecule has 0 aromatic heterocycles. The highest BCUT2D eigenvalue weighted by Crippen LogP contribution is 2.30. The van der Waals surface area contributed by atoms with E-state index >= 15 is 0 Å². The maximum Gasteiger partial charge on any atom is 0.416 e. The Bertz CT molecular complexity index is 1160. The fraction of sp³-hybridized carbons (Fsp3) is 0.296. The summed E-state index contributed by atoms with van der Waals surface area (Å²) in [5, 5.41) is 0.588. The van der Waals surface area contributed by atoms with E-state index in [0.29, 0.717) is 48.9 Å². The number of halogens is 5. The van der Waals surface area contributed by atoms with E-state index in [2.05, 4.69) is 4.90 Å². The van der Waals surface area contributed by atoms with Gasteiger partial charge in [0.1, 0.15) is 5.82 Å². The van der Waals surface area contributed by atoms with Crippen LogP contribution in [0, 0.1) is 5.82 Å². The van der Waals surface area contributed by atoms with E-state index in [-0.39, 0.29) is 18.6 Å². The van der Waals surface area contributed by atoms with E-state index in [1.807, 2.05) is 12.1 Å². The Balaban J connectivity index is 1.38. The van der Waals surface area contributed by atoms with Crippen LogP contribution in [-0.2, 0) is 17.5 Å². The van der Waals surface area contributed by atoms with Gasteiger partial charge in [0.15, 0.2) is 0 Å². The molecule has 4 nitrogen and oxygen atoms in total. The second kappa shape index (κ2) is 11.4. The highest BCUT2D eigenvalue weighted by atomic mass is 35.5. The van der Waals surface area contributed by atoms with Crippen molar-refractivity contribution in [1.82, 2.24) is 9.80 Å². The van der Waals surface area contributed by atoms with Crippen molar-refractivity contribution < 1.29 is 27.1 Å². The average Bonchev–Trinajstić information content (AvgIpc) is 2.87. The molecule has 36 heavy (non-hydrogen) atoms. The number of ether oxygens (including phenoxy) is 1. The van der Waals surface area contributed by atoms with Crippen molar-refractivity contribution >= 4 is 17.5 Å². The summed E-state index contributed by atoms with van der Waals surface area (Å²) in [4.78, 5) is 16.6. The monoisotopic (exact) mass is 520 g/mol. The molecule has 1 unspecified atom stereocenters. The second-order valence-electron chi connectivity index (χ2n) is 8.65. The lowest BCUT2D eigenvalue weighted by Crippen LogP contribution is -2.49. The van der Waals surface area contributed by atoms with Crippen molar-refractivity contribution in [2.24, 2.45) is 0 Å². The predicted molar refractivity (Wildman–Crippen MR) is 129 cm³/mol. The highest BCUT2D eigenvalue weighted by molar-refractivity contribution is 6.30. The predicted octanol–water partition coefficient (Wildman–Crippen LogP) is 6.21. The zero-order chi connectivity index (χ0) is 25.7. The summed E-state index contributed by atoms with van der Waals surface area (Å²) in [6, 6.07) is 17.8. The van der Waals surface area contributed by atoms with Crippen LogP contribution in [0.4, 0.5) is 17.6 Å². The molecule has 1 atom stereocenters. The lowest BCUT2D eigenvalue weighted by atomic mass is 10.1. The molecular formula is C27H25ClF4N2O2. The van der Waals surface area contributed by atoms with E-state index < -0.39 is 17.6 Å². The van der Waals surface area contributed by atoms with Gasteiger partial charge in [0.05, 0.1) is 18.3 Å². The summed E-state index contributed by atoms with van der Waals surface area (Å²) in [6.07, 6.45) is -4.74. The van der Waals surface area contributed by atoms with Crippen LogP contribution in [0.1, 0.15) is 33.2 Å². The largest absolute Gasteiger partial charge is 0.416 e. The van der Waals surface area contributed by atoms with Crippen molar-refractivity contribution in [2.75, 3.05) is 32.7 Å². The number of hydrogen-bond donors (Lipinski definition) is 0. The number of hydrogen-bond acceptors (Lipinski definition) is 3. The number of benzene rings is 3. The van der Waals surface area contributed by atoms with E-state index in [0.717, 1.165) is 17.7 Å². The first-order chi connectivity index (χ1) is 17.2. The van der Waals surface area contributed by atoms with Crippen LogP contribution in [-0.4, -0.2) is 48.4 Å². The molecule has 3 aromatic rings. The molecule has 1 amide bonds. The average molecular weight is 521 g/mol. The van der Waals surface area contributed by atoms with Crippen molar-refractivity contribution in [2.45, 2.75) is 18.9 Å². The maximum absolute atomic E-state index is 13.5. The first kappa shape index (κ1) is 26.1. The minimum absolute atomic E-state index is 0.142. The quantitative estimate of drug-likeness (QED) is 0.347. The minimum Gasteiger partial charge on any atom is -0.368 e. The topological polar surface area (TPSA) is 32.8 Å². The zero-order valence-corrected chi connectivity index (χ0v) is 20.1. The summed E-state index contributed by atoms with van der Waals surface area (Å²) >= 11 is 6.03. The van der Waals surface area contributed by atoms with E-state index in [1.54, 1.807) is 23.1 Å². The van der Waals surface area contributed by atoms with Crippen molar-refractivity contribution in [3.63, 3.8) is 0 Å². The van der Waals surface area contributed by atoms with Gasteiger partial charge in [-0.25, -0.2) is 4.39 Å². The second-order valence-corrected chi connectivity index (χ2v) is 9.09. The summed E-state index contributed by atoms with van der Waals surface area (Å²) in [5.74, 6) is -0.655. The third-order valence-electron chi connectivity index (χ3n) is 6.13. The normalized spacial score (nSPS) is 15.6. The molecule has 0 saturated carbocycles. The summed E-state index contributed by atoms with van der Waals surface area (Å²) in [7, 11) is 0. The van der Waals surface area contributed by atoms with Gasteiger partial charge in [-0.05, 0) is 53.6 Å². The lowest BCUT2D eigenvalue weighted by Gasteiger charge is -2.36. The number of nitrogens with zero attached hydrogens (tertiary/aromatic N) is 2. The van der Waals surface area contributed by atoms with Gasteiger partial charge in [-0.2, -0.15) is 13.2 Å². The van der Waals surface area contributed by atoms with Gasteiger partial charge in [-0.1, -0.05) is 41.9 Å². The van der Waals surface area contributed by atoms with Crippen LogP contribution in [0.2, 0.25) is 5.02 Å². The first-order valence-corrected chi connectivity index (χ1v) is 11.9. The van der Waals surface area contributed by atoms with Crippen LogP contribution >= 0.6 is 11.6 Å². The summed E-state index contributed by atoms with van der Waals surface area (Å²) < 4.78 is 58.2. The van der Waals surface area contributed by atoms with Crippen LogP contribution < -0.4 is 0 Å². The number of carbonyl (C=O) groups excluding carboxylic acids is 1. The molecule has 0 radical (unpaired) electrons. The van der Waals surface area contributed by atoms with Gasteiger partial charge in [-0.15, -0.1) is 0 Å². The fourth-order valence-corrected chi connectivity index (χ4v) is 4.22. The SMILES string of the molecule is O=C(c1cccc(F)c1)N1CCN(CC(OCc2ccc(C(F)(F)F)cc2)c2ccc(Cl)cc2)CC1. The molecule has 4 rings (SSSR count). The maximum atomic E-state index is 13.5. The van der Waals surface area contributed by atoms with E-state index in [9.17, 15) is 22.4 Å². The van der Waals surface area contributed by atoms with Crippen LogP contribution in [0.25, 0.3) is 0 Å². The van der Waals surface area contributed by atoms with E-state index in [1.165, 1.54) is 30.3 Å². The standard InChI is InChI=1S/C27H25ClF4N2O2/c28-23-10-6-20(7-11-23)25(36-18-19-4-8-22(9-5-19)27(30,31)32)17-33-12-14-34(15-13-33)26(35)21-2-1-3-24(29)16-21/h1-11,16,25H,12-15,17-18H2. The molecule has 1 aliphatic heterocycles. The Labute approximate surface area is 212 Å². The summed E-state index contributed by atoms with van der Waals surface area (Å²) in [6.45, 7) is 2.86. The molecule has 0 spiro atoms. The number of amides is 1. The van der Waals surface area contributed by atoms with Crippen LogP contribution in [0.5, 0.6) is 0 Å². The van der Waals surface area contributed by atoms with Gasteiger partial charge in [0, 0.05) is 43.3 Å². The Hall–Kier alpha value is -2.94. The molecule has 0 N–H and O–H groups in total. The molecule has 9 heteroatoms. The molecule has 1 fully saturated rings. The van der Waals surface area contributed by atoms with Crippen molar-refractivity contribution in [1.29, 1.82) is 0 Å². The van der Waals surface area contributed by atoms with Gasteiger partial charge < -0.3 is 9.64 Å². The zero-order valence-electron chi connectivity index (χ0n) is 19.3. The number of piperazine rings is 1. The third-order valence-corrected chi connectivity index (χ3v) is 6.38. The molecule has 1 heterocycles. The highest BCUT2D eigenvalue weighted by Gasteiger charge is 2.30. The van der Waals surface area contributed by atoms with Gasteiger partial charge >= 0.3 is 6.18 Å². The first-order valence-electron chi connectivity index (χ1n) is 11.5. The Morgan fingerprint density at radius 1 is 0.944 bits per heavy atom. The third kappa shape index (κ3) is 6.84. The molecule has 190 valence electrons. The van der Waals surface area contributed by atoms with Gasteiger partial charge in [0.2, 0.25) is 0 Å². The molecule has 0 bridgehead atoms. The van der Waals surface area contributed by atoms with Crippen molar-refractivity contribution in [3.05, 3.63) is 106 Å². The van der Waals surface area contributed by atoms with Gasteiger partial charge in [-0.3, -0.25) is 9.69 Å². The minimum atomic E-state index is -4.39. The fourth-order valence-electron chi connectivity index (χ4n) is 4.09. The molecule has 3 aromatic carbocycles. The van der Waals surface area contributed by atoms with E-state index in [4.69, 9.17) is 16.3 Å². The van der Waals surface area contributed by atoms with Crippen LogP contribution in [0.15, 0.2) is 72.8 Å². The van der Waals surface area contributed by atoms with Crippen LogP contribution in [0.3, 0.4) is 0 Å². The Morgan fingerprint density at radius 2 is 1.61 bits per heavy atom. The number of alkyl halides is 3. The van der Waals surface area contributed by atoms with Gasteiger partial charge in [0.25, 0.3) is 5.91 Å². The molecule has 1 saturated heterocycles. The molecular weight excluding hydrogens is 496 g/mol. The Kier molecular flexibility index (Phi) is 8.28. The smallest absolute Gasteiger partial charge is 0.368 e.